The predicted molar refractivity (Wildman–Crippen MR) is 248 cm³/mol. The van der Waals surface area contributed by atoms with E-state index in [-0.39, 0.29) is 0 Å². The van der Waals surface area contributed by atoms with Crippen LogP contribution in [-0.2, 0) is 0 Å². The van der Waals surface area contributed by atoms with Gasteiger partial charge in [-0.15, -0.1) is 0 Å². The van der Waals surface area contributed by atoms with Crippen molar-refractivity contribution < 1.29 is 4.74 Å². The van der Waals surface area contributed by atoms with Crippen molar-refractivity contribution in [1.82, 2.24) is 24.1 Å². The van der Waals surface area contributed by atoms with Crippen molar-refractivity contribution in [2.45, 2.75) is 0 Å². The second-order valence-corrected chi connectivity index (χ2v) is 15.6. The molecule has 0 saturated heterocycles. The highest BCUT2D eigenvalue weighted by atomic mass is 16.5. The van der Waals surface area contributed by atoms with E-state index in [9.17, 15) is 0 Å². The molecule has 0 unspecified atom stereocenters. The fraction of sp³-hybridized carbons (Fsp3) is 0. The summed E-state index contributed by atoms with van der Waals surface area (Å²) >= 11 is 0. The van der Waals surface area contributed by atoms with E-state index in [0.29, 0.717) is 17.6 Å². The molecule has 0 aliphatic carbocycles. The third-order valence-electron chi connectivity index (χ3n) is 12.2. The van der Waals surface area contributed by atoms with Crippen molar-refractivity contribution in [3.05, 3.63) is 200 Å². The number of aromatic nitrogens is 5. The number of hydrogen-bond donors (Lipinski definition) is 0. The van der Waals surface area contributed by atoms with E-state index in [4.69, 9.17) is 19.7 Å². The van der Waals surface area contributed by atoms with Crippen LogP contribution in [0, 0.1) is 0 Å². The Kier molecular flexibility index (Phi) is 7.21. The van der Waals surface area contributed by atoms with E-state index in [0.717, 1.165) is 83.2 Å². The topological polar surface area (TPSA) is 57.8 Å². The van der Waals surface area contributed by atoms with Gasteiger partial charge < -0.3 is 9.30 Å². The summed E-state index contributed by atoms with van der Waals surface area (Å²) in [7, 11) is 0. The van der Waals surface area contributed by atoms with E-state index in [1.807, 2.05) is 66.7 Å². The van der Waals surface area contributed by atoms with Crippen LogP contribution in [0.4, 0.5) is 0 Å². The van der Waals surface area contributed by atoms with Crippen molar-refractivity contribution >= 4 is 54.4 Å². The van der Waals surface area contributed by atoms with Crippen LogP contribution in [-0.4, -0.2) is 24.1 Å². The Hall–Kier alpha value is -8.35. The molecular formula is C55H33N5O. The number of benzene rings is 9. The predicted octanol–water partition coefficient (Wildman–Crippen LogP) is 14.0. The van der Waals surface area contributed by atoms with E-state index >= 15 is 0 Å². The molecule has 0 radical (unpaired) electrons. The molecule has 3 aromatic heterocycles. The standard InChI is InChI=1S/C55H33N5O/c1-4-15-34(16-5-1)53-56-54(35-17-6-2-7-18-35)58-55(57-53)60-45-24-12-10-21-39(45)43-31-36(28-30-46(43)60)37-27-29-41-47(32-37)59(38-19-8-3-9-20-38)48-33-44-40-22-11-13-25-49(40)61-50-26-14-23-42(51(41)48)52(44)50/h1-33H. The van der Waals surface area contributed by atoms with Gasteiger partial charge in [0.15, 0.2) is 11.6 Å². The molecule has 0 amide bonds. The van der Waals surface area contributed by atoms with E-state index in [2.05, 4.69) is 143 Å². The zero-order valence-corrected chi connectivity index (χ0v) is 32.7. The lowest BCUT2D eigenvalue weighted by Gasteiger charge is -2.22. The number of ether oxygens (including phenoxy) is 1. The first-order valence-corrected chi connectivity index (χ1v) is 20.5. The summed E-state index contributed by atoms with van der Waals surface area (Å²) in [6.07, 6.45) is 0. The van der Waals surface area contributed by atoms with Crippen LogP contribution in [0.15, 0.2) is 200 Å². The largest absolute Gasteiger partial charge is 0.456 e. The molecule has 0 atom stereocenters. The number of fused-ring (bicyclic) bond motifs is 9. The Balaban J connectivity index is 1.03. The van der Waals surface area contributed by atoms with E-state index in [1.54, 1.807) is 0 Å². The number of para-hydroxylation sites is 3. The smallest absolute Gasteiger partial charge is 0.238 e. The van der Waals surface area contributed by atoms with Crippen LogP contribution in [0.1, 0.15) is 0 Å². The Morgan fingerprint density at radius 3 is 1.74 bits per heavy atom. The molecule has 0 spiro atoms. The van der Waals surface area contributed by atoms with Crippen molar-refractivity contribution in [3.63, 3.8) is 0 Å². The molecule has 1 aliphatic heterocycles. The first kappa shape index (κ1) is 33.6. The van der Waals surface area contributed by atoms with Crippen LogP contribution in [0.2, 0.25) is 0 Å². The summed E-state index contributed by atoms with van der Waals surface area (Å²) in [5, 5.41) is 7.00. The van der Waals surface area contributed by atoms with Gasteiger partial charge >= 0.3 is 0 Å². The molecule has 13 rings (SSSR count). The van der Waals surface area contributed by atoms with Crippen molar-refractivity contribution in [3.8, 4) is 68.2 Å². The zero-order chi connectivity index (χ0) is 40.0. The summed E-state index contributed by atoms with van der Waals surface area (Å²) in [5.74, 6) is 3.61. The summed E-state index contributed by atoms with van der Waals surface area (Å²) < 4.78 is 11.1. The van der Waals surface area contributed by atoms with Crippen LogP contribution in [0.3, 0.4) is 0 Å². The molecule has 0 fully saturated rings. The molecule has 6 heteroatoms. The van der Waals surface area contributed by atoms with Crippen molar-refractivity contribution in [1.29, 1.82) is 0 Å². The fourth-order valence-corrected chi connectivity index (χ4v) is 9.45. The molecule has 9 aromatic carbocycles. The number of hydrogen-bond acceptors (Lipinski definition) is 4. The third kappa shape index (κ3) is 5.12. The van der Waals surface area contributed by atoms with Gasteiger partial charge in [-0.05, 0) is 76.7 Å². The maximum atomic E-state index is 6.51. The van der Waals surface area contributed by atoms with Crippen LogP contribution >= 0.6 is 0 Å². The minimum atomic E-state index is 0.576. The average molecular weight is 780 g/mol. The highest BCUT2D eigenvalue weighted by Crippen LogP contribution is 2.50. The van der Waals surface area contributed by atoms with Gasteiger partial charge in [0.1, 0.15) is 11.5 Å². The molecule has 6 nitrogen and oxygen atoms in total. The first-order chi connectivity index (χ1) is 30.2. The zero-order valence-electron chi connectivity index (χ0n) is 32.7. The molecule has 12 aromatic rings. The molecule has 1 aliphatic rings. The van der Waals surface area contributed by atoms with Gasteiger partial charge in [0.2, 0.25) is 5.95 Å². The van der Waals surface area contributed by atoms with Gasteiger partial charge in [0.25, 0.3) is 0 Å². The minimum absolute atomic E-state index is 0.576. The van der Waals surface area contributed by atoms with Gasteiger partial charge in [-0.2, -0.15) is 9.97 Å². The lowest BCUT2D eigenvalue weighted by molar-refractivity contribution is 0.487. The SMILES string of the molecule is c1ccc(-c2nc(-c3ccccc3)nc(-n3c4ccccc4c4cc(-c5ccc6c7c8cccc9c8c(cc7n(-c7ccccc7)c6c5)-c5ccccc5O9)ccc43)n2)cc1. The van der Waals surface area contributed by atoms with Crippen LogP contribution in [0.25, 0.3) is 111 Å². The highest BCUT2D eigenvalue weighted by Gasteiger charge is 2.25. The Morgan fingerprint density at radius 1 is 0.328 bits per heavy atom. The second kappa shape index (κ2) is 13.1. The molecule has 61 heavy (non-hydrogen) atoms. The molecule has 284 valence electrons. The molecule has 4 heterocycles. The van der Waals surface area contributed by atoms with Gasteiger partial charge in [0.05, 0.1) is 22.1 Å². The lowest BCUT2D eigenvalue weighted by atomic mass is 9.92. The van der Waals surface area contributed by atoms with Crippen molar-refractivity contribution in [2.24, 2.45) is 0 Å². The maximum absolute atomic E-state index is 6.51. The molecule has 0 saturated carbocycles. The Morgan fingerprint density at radius 2 is 0.951 bits per heavy atom. The van der Waals surface area contributed by atoms with E-state index in [1.165, 1.54) is 21.7 Å². The molecule has 0 bridgehead atoms. The fourth-order valence-electron chi connectivity index (χ4n) is 9.45. The Labute approximate surface area is 350 Å². The summed E-state index contributed by atoms with van der Waals surface area (Å²) in [6, 6.07) is 70.3. The normalized spacial score (nSPS) is 12.1. The Bertz CT molecular complexity index is 3660. The summed E-state index contributed by atoms with van der Waals surface area (Å²) in [5.41, 5.74) is 11.9. The third-order valence-corrected chi connectivity index (χ3v) is 12.2. The van der Waals surface area contributed by atoms with E-state index < -0.39 is 0 Å². The number of nitrogens with zero attached hydrogens (tertiary/aromatic N) is 5. The summed E-state index contributed by atoms with van der Waals surface area (Å²) in [6.45, 7) is 0. The minimum Gasteiger partial charge on any atom is -0.456 e. The van der Waals surface area contributed by atoms with Gasteiger partial charge in [-0.25, -0.2) is 4.98 Å². The average Bonchev–Trinajstić information content (AvgIpc) is 3.84. The monoisotopic (exact) mass is 779 g/mol. The highest BCUT2D eigenvalue weighted by molar-refractivity contribution is 6.26. The van der Waals surface area contributed by atoms with Gasteiger partial charge in [-0.3, -0.25) is 4.57 Å². The van der Waals surface area contributed by atoms with Crippen molar-refractivity contribution in [2.75, 3.05) is 0 Å². The van der Waals surface area contributed by atoms with Crippen LogP contribution < -0.4 is 4.74 Å². The lowest BCUT2D eigenvalue weighted by Crippen LogP contribution is -2.06. The molecular weight excluding hydrogens is 747 g/mol. The van der Waals surface area contributed by atoms with Gasteiger partial charge in [0, 0.05) is 49.3 Å². The summed E-state index contributed by atoms with van der Waals surface area (Å²) in [4.78, 5) is 15.2. The molecule has 0 N–H and O–H groups in total. The first-order valence-electron chi connectivity index (χ1n) is 20.5. The quantitative estimate of drug-likeness (QED) is 0.175. The van der Waals surface area contributed by atoms with Gasteiger partial charge in [-0.1, -0.05) is 146 Å². The van der Waals surface area contributed by atoms with Crippen LogP contribution in [0.5, 0.6) is 11.5 Å². The number of rotatable bonds is 5. The maximum Gasteiger partial charge on any atom is 0.238 e. The second-order valence-electron chi connectivity index (χ2n) is 15.6.